The quantitative estimate of drug-likeness (QED) is 0.748. The molecule has 0 fully saturated rings. The summed E-state index contributed by atoms with van der Waals surface area (Å²) in [5, 5.41) is 3.24. The zero-order valence-corrected chi connectivity index (χ0v) is 10.9. The van der Waals surface area contributed by atoms with Crippen molar-refractivity contribution in [2.45, 2.75) is 20.3 Å². The fourth-order valence-corrected chi connectivity index (χ4v) is 1.48. The summed E-state index contributed by atoms with van der Waals surface area (Å²) in [6, 6.07) is 0. The molecule has 1 heterocycles. The second-order valence-corrected chi connectivity index (χ2v) is 3.76. The van der Waals surface area contributed by atoms with Gasteiger partial charge in [-0.3, -0.25) is 4.98 Å². The molecule has 1 N–H and O–H groups in total. The van der Waals surface area contributed by atoms with Crippen LogP contribution in [-0.4, -0.2) is 43.3 Å². The van der Waals surface area contributed by atoms with Gasteiger partial charge >= 0.3 is 0 Å². The molecule has 0 radical (unpaired) electrons. The van der Waals surface area contributed by atoms with E-state index < -0.39 is 0 Å². The Morgan fingerprint density at radius 3 is 2.82 bits per heavy atom. The minimum Gasteiger partial charge on any atom is -0.383 e. The minimum atomic E-state index is 0.697. The lowest BCUT2D eigenvalue weighted by Crippen LogP contribution is -2.28. The zero-order chi connectivity index (χ0) is 12.5. The third-order valence-corrected chi connectivity index (χ3v) is 2.45. The van der Waals surface area contributed by atoms with Gasteiger partial charge in [0, 0.05) is 26.7 Å². The maximum absolute atomic E-state index is 5.09. The molecule has 0 bridgehead atoms. The van der Waals surface area contributed by atoms with Gasteiger partial charge in [0.25, 0.3) is 0 Å². The molecule has 0 unspecified atom stereocenters. The summed E-state index contributed by atoms with van der Waals surface area (Å²) in [6.07, 6.45) is 4.62. The molecule has 0 spiro atoms. The summed E-state index contributed by atoms with van der Waals surface area (Å²) in [4.78, 5) is 10.9. The Morgan fingerprint density at radius 1 is 1.35 bits per heavy atom. The summed E-state index contributed by atoms with van der Waals surface area (Å²) >= 11 is 0. The van der Waals surface area contributed by atoms with E-state index in [0.717, 1.165) is 37.7 Å². The number of likely N-dealkylation sites (N-methyl/N-ethyl adjacent to an activating group) is 1. The molecule has 0 aromatic carbocycles. The normalized spacial score (nSPS) is 10.3. The van der Waals surface area contributed by atoms with Gasteiger partial charge in [-0.05, 0) is 13.3 Å². The van der Waals surface area contributed by atoms with E-state index in [1.165, 1.54) is 0 Å². The third kappa shape index (κ3) is 4.56. The SMILES string of the molecule is CCCNc1cncc(N(CC)CCOC)n1. The lowest BCUT2D eigenvalue weighted by Gasteiger charge is -2.21. The number of ether oxygens (including phenoxy) is 1. The number of methoxy groups -OCH3 is 1. The van der Waals surface area contributed by atoms with Crippen LogP contribution in [0.1, 0.15) is 20.3 Å². The van der Waals surface area contributed by atoms with Crippen molar-refractivity contribution in [2.24, 2.45) is 0 Å². The first-order valence-electron chi connectivity index (χ1n) is 6.11. The van der Waals surface area contributed by atoms with Crippen LogP contribution in [0.25, 0.3) is 0 Å². The number of nitrogens with zero attached hydrogens (tertiary/aromatic N) is 3. The Kier molecular flexibility index (Phi) is 6.32. The van der Waals surface area contributed by atoms with E-state index in [9.17, 15) is 0 Å². The molecule has 5 heteroatoms. The molecule has 0 amide bonds. The minimum absolute atomic E-state index is 0.697. The van der Waals surface area contributed by atoms with Gasteiger partial charge in [-0.25, -0.2) is 4.98 Å². The molecule has 17 heavy (non-hydrogen) atoms. The van der Waals surface area contributed by atoms with Gasteiger partial charge in [0.15, 0.2) is 0 Å². The maximum atomic E-state index is 5.09. The van der Waals surface area contributed by atoms with E-state index in [1.54, 1.807) is 19.5 Å². The average Bonchev–Trinajstić information content (AvgIpc) is 2.38. The van der Waals surface area contributed by atoms with Gasteiger partial charge in [0.05, 0.1) is 19.0 Å². The molecule has 1 rings (SSSR count). The summed E-state index contributed by atoms with van der Waals surface area (Å²) in [7, 11) is 1.71. The predicted octanol–water partition coefficient (Wildman–Crippen LogP) is 1.77. The summed E-state index contributed by atoms with van der Waals surface area (Å²) < 4.78 is 5.09. The molecule has 0 aliphatic rings. The Bertz CT molecular complexity index is 319. The van der Waals surface area contributed by atoms with Crippen LogP contribution in [-0.2, 0) is 4.74 Å². The van der Waals surface area contributed by atoms with Gasteiger partial charge in [0.2, 0.25) is 0 Å². The van der Waals surface area contributed by atoms with Crippen LogP contribution >= 0.6 is 0 Å². The van der Waals surface area contributed by atoms with Crippen molar-refractivity contribution in [3.05, 3.63) is 12.4 Å². The summed E-state index contributed by atoms with van der Waals surface area (Å²) in [6.45, 7) is 7.57. The van der Waals surface area contributed by atoms with Crippen molar-refractivity contribution in [3.63, 3.8) is 0 Å². The van der Waals surface area contributed by atoms with Gasteiger partial charge < -0.3 is 15.0 Å². The van der Waals surface area contributed by atoms with Gasteiger partial charge in [-0.2, -0.15) is 0 Å². The van der Waals surface area contributed by atoms with E-state index in [4.69, 9.17) is 4.74 Å². The number of rotatable bonds is 8. The van der Waals surface area contributed by atoms with Gasteiger partial charge in [-0.15, -0.1) is 0 Å². The molecule has 96 valence electrons. The predicted molar refractivity (Wildman–Crippen MR) is 70.6 cm³/mol. The van der Waals surface area contributed by atoms with Crippen LogP contribution in [0.3, 0.4) is 0 Å². The second kappa shape index (κ2) is 7.84. The maximum Gasteiger partial charge on any atom is 0.149 e. The molecule has 0 saturated carbocycles. The largest absolute Gasteiger partial charge is 0.383 e. The number of aromatic nitrogens is 2. The molecule has 0 aliphatic heterocycles. The molecule has 0 aliphatic carbocycles. The van der Waals surface area contributed by atoms with Crippen LogP contribution in [0.15, 0.2) is 12.4 Å². The first kappa shape index (κ1) is 13.7. The molecule has 0 saturated heterocycles. The number of hydrogen-bond donors (Lipinski definition) is 1. The van der Waals surface area contributed by atoms with Gasteiger partial charge in [-0.1, -0.05) is 6.92 Å². The number of nitrogens with one attached hydrogen (secondary N) is 1. The monoisotopic (exact) mass is 238 g/mol. The fraction of sp³-hybridized carbons (Fsp3) is 0.667. The van der Waals surface area contributed by atoms with Crippen molar-refractivity contribution in [2.75, 3.05) is 43.6 Å². The second-order valence-electron chi connectivity index (χ2n) is 3.76. The highest BCUT2D eigenvalue weighted by Gasteiger charge is 2.06. The molecular weight excluding hydrogens is 216 g/mol. The van der Waals surface area contributed by atoms with Crippen LogP contribution < -0.4 is 10.2 Å². The smallest absolute Gasteiger partial charge is 0.149 e. The zero-order valence-electron chi connectivity index (χ0n) is 10.9. The van der Waals surface area contributed by atoms with E-state index in [2.05, 4.69) is 34.0 Å². The standard InChI is InChI=1S/C12H22N4O/c1-4-6-14-11-9-13-10-12(15-11)16(5-2)7-8-17-3/h9-10H,4-8H2,1-3H3,(H,14,15). The first-order valence-corrected chi connectivity index (χ1v) is 6.11. The third-order valence-electron chi connectivity index (χ3n) is 2.45. The summed E-state index contributed by atoms with van der Waals surface area (Å²) in [5.41, 5.74) is 0. The van der Waals surface area contributed by atoms with Crippen molar-refractivity contribution in [3.8, 4) is 0 Å². The van der Waals surface area contributed by atoms with Crippen molar-refractivity contribution in [1.82, 2.24) is 9.97 Å². The number of hydrogen-bond acceptors (Lipinski definition) is 5. The molecule has 5 nitrogen and oxygen atoms in total. The Balaban J connectivity index is 2.66. The highest BCUT2D eigenvalue weighted by atomic mass is 16.5. The van der Waals surface area contributed by atoms with E-state index >= 15 is 0 Å². The molecular formula is C12H22N4O. The van der Waals surface area contributed by atoms with Gasteiger partial charge in [0.1, 0.15) is 11.6 Å². The molecule has 1 aromatic heterocycles. The lowest BCUT2D eigenvalue weighted by atomic mass is 10.4. The number of anilines is 2. The molecule has 0 atom stereocenters. The van der Waals surface area contributed by atoms with E-state index in [1.807, 2.05) is 0 Å². The van der Waals surface area contributed by atoms with Crippen molar-refractivity contribution in [1.29, 1.82) is 0 Å². The van der Waals surface area contributed by atoms with Crippen molar-refractivity contribution >= 4 is 11.6 Å². The van der Waals surface area contributed by atoms with Crippen LogP contribution in [0.4, 0.5) is 11.6 Å². The van der Waals surface area contributed by atoms with E-state index in [-0.39, 0.29) is 0 Å². The topological polar surface area (TPSA) is 50.3 Å². The van der Waals surface area contributed by atoms with Crippen molar-refractivity contribution < 1.29 is 4.74 Å². The Morgan fingerprint density at radius 2 is 2.18 bits per heavy atom. The first-order chi connectivity index (χ1) is 8.31. The highest BCUT2D eigenvalue weighted by Crippen LogP contribution is 2.11. The molecule has 1 aromatic rings. The summed E-state index contributed by atoms with van der Waals surface area (Å²) in [5.74, 6) is 1.73. The van der Waals surface area contributed by atoms with E-state index in [0.29, 0.717) is 6.61 Å². The Labute approximate surface area is 103 Å². The van der Waals surface area contributed by atoms with Crippen LogP contribution in [0.2, 0.25) is 0 Å². The Hall–Kier alpha value is -1.36. The highest BCUT2D eigenvalue weighted by molar-refractivity contribution is 5.43. The fourth-order valence-electron chi connectivity index (χ4n) is 1.48. The van der Waals surface area contributed by atoms with Crippen LogP contribution in [0, 0.1) is 0 Å². The average molecular weight is 238 g/mol. The van der Waals surface area contributed by atoms with Crippen LogP contribution in [0.5, 0.6) is 0 Å². The lowest BCUT2D eigenvalue weighted by molar-refractivity contribution is 0.205.